The summed E-state index contributed by atoms with van der Waals surface area (Å²) >= 11 is 0. The second-order valence-electron chi connectivity index (χ2n) is 4.92. The molecule has 1 aliphatic rings. The molecule has 0 bridgehead atoms. The van der Waals surface area contributed by atoms with Crippen molar-refractivity contribution in [2.24, 2.45) is 5.84 Å². The van der Waals surface area contributed by atoms with E-state index < -0.39 is 0 Å². The van der Waals surface area contributed by atoms with Crippen LogP contribution >= 0.6 is 0 Å². The molecule has 0 atom stereocenters. The first-order valence-electron chi connectivity index (χ1n) is 6.36. The predicted molar refractivity (Wildman–Crippen MR) is 72.5 cm³/mol. The van der Waals surface area contributed by atoms with E-state index in [0.717, 1.165) is 25.9 Å². The molecule has 1 amide bonds. The predicted octanol–water partition coefficient (Wildman–Crippen LogP) is -0.0716. The zero-order valence-electron chi connectivity index (χ0n) is 11.3. The fourth-order valence-electron chi connectivity index (χ4n) is 2.29. The first-order valence-corrected chi connectivity index (χ1v) is 6.36. The van der Waals surface area contributed by atoms with Gasteiger partial charge in [-0.3, -0.25) is 9.78 Å². The van der Waals surface area contributed by atoms with Gasteiger partial charge in [-0.25, -0.2) is 10.8 Å². The molecule has 7 heteroatoms. The summed E-state index contributed by atoms with van der Waals surface area (Å²) in [5.41, 5.74) is 2.73. The van der Waals surface area contributed by atoms with Crippen LogP contribution in [0.5, 0.6) is 0 Å². The number of nitrogens with two attached hydrogens (primary N) is 1. The summed E-state index contributed by atoms with van der Waals surface area (Å²) in [6, 6.07) is 0.548. The monoisotopic (exact) mass is 264 g/mol. The van der Waals surface area contributed by atoms with Crippen LogP contribution in [0, 0.1) is 0 Å². The van der Waals surface area contributed by atoms with Gasteiger partial charge in [-0.2, -0.15) is 0 Å². The number of carbonyl (C=O) groups is 1. The molecule has 19 heavy (non-hydrogen) atoms. The Morgan fingerprint density at radius 2 is 2.11 bits per heavy atom. The van der Waals surface area contributed by atoms with Crippen molar-refractivity contribution < 1.29 is 4.79 Å². The number of piperidine rings is 1. The summed E-state index contributed by atoms with van der Waals surface area (Å²) in [6.07, 6.45) is 4.93. The topological polar surface area (TPSA) is 87.4 Å². The number of nitrogens with zero attached hydrogens (tertiary/aromatic N) is 4. The Labute approximate surface area is 112 Å². The standard InChI is InChI=1S/C12H20N6O/c1-17(2)9-3-5-18(6-4-9)12(19)10-7-14-8-11(15-10)16-13/h7-9H,3-6,13H2,1-2H3,(H,15,16). The number of nitrogens with one attached hydrogen (secondary N) is 1. The van der Waals surface area contributed by atoms with Crippen LogP contribution in [0.2, 0.25) is 0 Å². The fourth-order valence-corrected chi connectivity index (χ4v) is 2.29. The number of anilines is 1. The number of rotatable bonds is 3. The zero-order valence-corrected chi connectivity index (χ0v) is 11.3. The van der Waals surface area contributed by atoms with Gasteiger partial charge in [0.2, 0.25) is 0 Å². The summed E-state index contributed by atoms with van der Waals surface area (Å²) in [4.78, 5) is 24.4. The molecular weight excluding hydrogens is 244 g/mol. The van der Waals surface area contributed by atoms with Gasteiger partial charge in [-0.15, -0.1) is 0 Å². The highest BCUT2D eigenvalue weighted by atomic mass is 16.2. The van der Waals surface area contributed by atoms with Crippen molar-refractivity contribution in [2.75, 3.05) is 32.6 Å². The van der Waals surface area contributed by atoms with Gasteiger partial charge >= 0.3 is 0 Å². The van der Waals surface area contributed by atoms with Gasteiger partial charge in [0.1, 0.15) is 5.69 Å². The van der Waals surface area contributed by atoms with Crippen molar-refractivity contribution in [1.82, 2.24) is 19.8 Å². The Kier molecular flexibility index (Phi) is 4.28. The third-order valence-electron chi connectivity index (χ3n) is 3.48. The Bertz CT molecular complexity index is 442. The van der Waals surface area contributed by atoms with Crippen LogP contribution in [-0.4, -0.2) is 58.9 Å². The Hall–Kier alpha value is -1.73. The molecule has 0 unspecified atom stereocenters. The summed E-state index contributed by atoms with van der Waals surface area (Å²) in [5, 5.41) is 0. The normalized spacial score (nSPS) is 16.7. The minimum absolute atomic E-state index is 0.0817. The van der Waals surface area contributed by atoms with Crippen LogP contribution in [0.3, 0.4) is 0 Å². The van der Waals surface area contributed by atoms with Crippen molar-refractivity contribution in [1.29, 1.82) is 0 Å². The molecule has 1 aromatic rings. The maximum atomic E-state index is 12.3. The van der Waals surface area contributed by atoms with E-state index in [1.807, 2.05) is 4.90 Å². The van der Waals surface area contributed by atoms with E-state index in [-0.39, 0.29) is 5.91 Å². The van der Waals surface area contributed by atoms with Crippen LogP contribution in [0.25, 0.3) is 0 Å². The Balaban J connectivity index is 2.01. The van der Waals surface area contributed by atoms with Gasteiger partial charge in [0.05, 0.1) is 12.4 Å². The second kappa shape index (κ2) is 5.94. The number of aromatic nitrogens is 2. The maximum Gasteiger partial charge on any atom is 0.274 e. The molecule has 3 N–H and O–H groups in total. The Morgan fingerprint density at radius 3 is 2.68 bits per heavy atom. The average Bonchev–Trinajstić information content (AvgIpc) is 2.46. The molecule has 0 radical (unpaired) electrons. The van der Waals surface area contributed by atoms with Crippen molar-refractivity contribution in [3.63, 3.8) is 0 Å². The highest BCUT2D eigenvalue weighted by Gasteiger charge is 2.25. The molecule has 1 saturated heterocycles. The number of likely N-dealkylation sites (tertiary alicyclic amines) is 1. The van der Waals surface area contributed by atoms with E-state index >= 15 is 0 Å². The minimum atomic E-state index is -0.0817. The third kappa shape index (κ3) is 3.18. The van der Waals surface area contributed by atoms with Crippen molar-refractivity contribution in [2.45, 2.75) is 18.9 Å². The zero-order chi connectivity index (χ0) is 13.8. The van der Waals surface area contributed by atoms with Crippen molar-refractivity contribution in [3.8, 4) is 0 Å². The van der Waals surface area contributed by atoms with Crippen molar-refractivity contribution >= 4 is 11.7 Å². The number of nitrogen functional groups attached to an aromatic ring is 1. The summed E-state index contributed by atoms with van der Waals surface area (Å²) in [6.45, 7) is 1.51. The van der Waals surface area contributed by atoms with Gasteiger partial charge < -0.3 is 15.2 Å². The number of amides is 1. The number of hydrazine groups is 1. The SMILES string of the molecule is CN(C)C1CCN(C(=O)c2cncc(NN)n2)CC1. The highest BCUT2D eigenvalue weighted by molar-refractivity contribution is 5.92. The molecule has 2 rings (SSSR count). The lowest BCUT2D eigenvalue weighted by molar-refractivity contribution is 0.0657. The largest absolute Gasteiger partial charge is 0.337 e. The van der Waals surface area contributed by atoms with Gasteiger partial charge in [-0.1, -0.05) is 0 Å². The van der Waals surface area contributed by atoms with Gasteiger partial charge in [-0.05, 0) is 26.9 Å². The van der Waals surface area contributed by atoms with Crippen LogP contribution in [0.4, 0.5) is 5.82 Å². The van der Waals surface area contributed by atoms with Gasteiger partial charge in [0.15, 0.2) is 5.82 Å². The molecule has 0 spiro atoms. The van der Waals surface area contributed by atoms with E-state index in [1.165, 1.54) is 12.4 Å². The lowest BCUT2D eigenvalue weighted by Gasteiger charge is -2.35. The first kappa shape index (κ1) is 13.7. The molecular formula is C12H20N6O. The quantitative estimate of drug-likeness (QED) is 0.587. The second-order valence-corrected chi connectivity index (χ2v) is 4.92. The van der Waals surface area contributed by atoms with E-state index in [0.29, 0.717) is 17.6 Å². The molecule has 1 fully saturated rings. The van der Waals surface area contributed by atoms with Crippen LogP contribution in [0.15, 0.2) is 12.4 Å². The number of hydrogen-bond acceptors (Lipinski definition) is 6. The van der Waals surface area contributed by atoms with Crippen LogP contribution in [0.1, 0.15) is 23.3 Å². The molecule has 0 saturated carbocycles. The molecule has 0 aromatic carbocycles. The molecule has 2 heterocycles. The first-order chi connectivity index (χ1) is 9.11. The van der Waals surface area contributed by atoms with Crippen molar-refractivity contribution in [3.05, 3.63) is 18.1 Å². The van der Waals surface area contributed by atoms with E-state index in [9.17, 15) is 4.79 Å². The molecule has 0 aliphatic carbocycles. The maximum absolute atomic E-state index is 12.3. The van der Waals surface area contributed by atoms with Gasteiger partial charge in [0, 0.05) is 19.1 Å². The van der Waals surface area contributed by atoms with Crippen LogP contribution in [-0.2, 0) is 0 Å². The smallest absolute Gasteiger partial charge is 0.274 e. The highest BCUT2D eigenvalue weighted by Crippen LogP contribution is 2.16. The van der Waals surface area contributed by atoms with E-state index in [2.05, 4.69) is 34.4 Å². The Morgan fingerprint density at radius 1 is 1.42 bits per heavy atom. The lowest BCUT2D eigenvalue weighted by atomic mass is 10.0. The van der Waals surface area contributed by atoms with Gasteiger partial charge in [0.25, 0.3) is 5.91 Å². The summed E-state index contributed by atoms with van der Waals surface area (Å²) in [7, 11) is 4.15. The summed E-state index contributed by atoms with van der Waals surface area (Å²) in [5.74, 6) is 5.58. The number of carbonyl (C=O) groups excluding carboxylic acids is 1. The third-order valence-corrected chi connectivity index (χ3v) is 3.48. The molecule has 1 aromatic heterocycles. The van der Waals surface area contributed by atoms with E-state index in [1.54, 1.807) is 0 Å². The number of hydrogen-bond donors (Lipinski definition) is 2. The summed E-state index contributed by atoms with van der Waals surface area (Å²) < 4.78 is 0. The average molecular weight is 264 g/mol. The van der Waals surface area contributed by atoms with Crippen LogP contribution < -0.4 is 11.3 Å². The van der Waals surface area contributed by atoms with E-state index in [4.69, 9.17) is 5.84 Å². The molecule has 104 valence electrons. The minimum Gasteiger partial charge on any atom is -0.337 e. The molecule has 1 aliphatic heterocycles. The lowest BCUT2D eigenvalue weighted by Crippen LogP contribution is -2.44. The molecule has 7 nitrogen and oxygen atoms in total. The fraction of sp³-hybridized carbons (Fsp3) is 0.583.